The first-order valence-corrected chi connectivity index (χ1v) is 8.13. The molecule has 1 nitrogen and oxygen atoms in total. The van der Waals surface area contributed by atoms with Crippen LogP contribution in [0, 0.1) is 0 Å². The Kier molecular flexibility index (Phi) is 6.14. The van der Waals surface area contributed by atoms with E-state index in [9.17, 15) is 4.79 Å². The molecule has 2 rings (SSSR count). The summed E-state index contributed by atoms with van der Waals surface area (Å²) in [5.74, 6) is 0.226. The zero-order chi connectivity index (χ0) is 15.8. The molecule has 0 amide bonds. The SMILES string of the molecule is CCCC(=O)c1ccc(/C=C/c2ccc(CCC)cc2)cc1. The van der Waals surface area contributed by atoms with Gasteiger partial charge in [0.2, 0.25) is 0 Å². The molecule has 0 bridgehead atoms. The molecule has 0 spiro atoms. The summed E-state index contributed by atoms with van der Waals surface area (Å²) in [6.45, 7) is 4.23. The molecule has 0 saturated carbocycles. The molecule has 0 heterocycles. The monoisotopic (exact) mass is 292 g/mol. The van der Waals surface area contributed by atoms with Gasteiger partial charge < -0.3 is 0 Å². The molecule has 0 aliphatic heterocycles. The lowest BCUT2D eigenvalue weighted by atomic mass is 10.0. The topological polar surface area (TPSA) is 17.1 Å². The van der Waals surface area contributed by atoms with Crippen LogP contribution in [0.25, 0.3) is 12.2 Å². The van der Waals surface area contributed by atoms with Crippen molar-refractivity contribution in [3.63, 3.8) is 0 Å². The summed E-state index contributed by atoms with van der Waals surface area (Å²) in [5.41, 5.74) is 4.51. The number of Topliss-reactive ketones (excluding diaryl/α,β-unsaturated/α-hetero) is 1. The molecule has 0 aromatic heterocycles. The fraction of sp³-hybridized carbons (Fsp3) is 0.286. The number of hydrogen-bond acceptors (Lipinski definition) is 1. The van der Waals surface area contributed by atoms with Crippen molar-refractivity contribution < 1.29 is 4.79 Å². The number of benzene rings is 2. The summed E-state index contributed by atoms with van der Waals surface area (Å²) in [6, 6.07) is 16.5. The van der Waals surface area contributed by atoms with E-state index in [1.165, 1.54) is 17.5 Å². The maximum absolute atomic E-state index is 11.8. The number of hydrogen-bond donors (Lipinski definition) is 0. The lowest BCUT2D eigenvalue weighted by molar-refractivity contribution is 0.0982. The van der Waals surface area contributed by atoms with Crippen LogP contribution in [0.4, 0.5) is 0 Å². The van der Waals surface area contributed by atoms with E-state index in [-0.39, 0.29) is 5.78 Å². The van der Waals surface area contributed by atoms with E-state index < -0.39 is 0 Å². The van der Waals surface area contributed by atoms with Crippen LogP contribution in [0.3, 0.4) is 0 Å². The highest BCUT2D eigenvalue weighted by Gasteiger charge is 2.03. The standard InChI is InChI=1S/C21H24O/c1-3-5-17-7-9-18(10-8-17)11-12-19-13-15-20(16-14-19)21(22)6-4-2/h7-16H,3-6H2,1-2H3/b12-11+. The molecular weight excluding hydrogens is 268 g/mol. The molecule has 0 saturated heterocycles. The molecule has 1 heteroatoms. The van der Waals surface area contributed by atoms with Gasteiger partial charge in [0.25, 0.3) is 0 Å². The maximum atomic E-state index is 11.8. The van der Waals surface area contributed by atoms with Crippen LogP contribution in [-0.2, 0) is 6.42 Å². The Hall–Kier alpha value is -2.15. The second kappa shape index (κ2) is 8.33. The predicted molar refractivity (Wildman–Crippen MR) is 95.0 cm³/mol. The first kappa shape index (κ1) is 16.2. The largest absolute Gasteiger partial charge is 0.294 e. The average molecular weight is 292 g/mol. The van der Waals surface area contributed by atoms with Gasteiger partial charge in [-0.25, -0.2) is 0 Å². The van der Waals surface area contributed by atoms with E-state index in [2.05, 4.69) is 43.3 Å². The quantitative estimate of drug-likeness (QED) is 0.466. The van der Waals surface area contributed by atoms with E-state index in [4.69, 9.17) is 0 Å². The van der Waals surface area contributed by atoms with Gasteiger partial charge in [-0.1, -0.05) is 81.0 Å². The molecule has 22 heavy (non-hydrogen) atoms. The highest BCUT2D eigenvalue weighted by atomic mass is 16.1. The Labute approximate surface area is 133 Å². The van der Waals surface area contributed by atoms with E-state index >= 15 is 0 Å². The molecule has 0 unspecified atom stereocenters. The van der Waals surface area contributed by atoms with Crippen LogP contribution in [0.1, 0.15) is 60.2 Å². The van der Waals surface area contributed by atoms with Gasteiger partial charge in [-0.05, 0) is 29.5 Å². The van der Waals surface area contributed by atoms with Crippen molar-refractivity contribution >= 4 is 17.9 Å². The Bertz CT molecular complexity index is 618. The Morgan fingerprint density at radius 3 is 1.86 bits per heavy atom. The van der Waals surface area contributed by atoms with Gasteiger partial charge in [0, 0.05) is 12.0 Å². The van der Waals surface area contributed by atoms with Crippen LogP contribution >= 0.6 is 0 Å². The average Bonchev–Trinajstić information content (AvgIpc) is 2.55. The Morgan fingerprint density at radius 2 is 1.36 bits per heavy atom. The van der Waals surface area contributed by atoms with Crippen LogP contribution in [0.15, 0.2) is 48.5 Å². The van der Waals surface area contributed by atoms with E-state index in [1.807, 2.05) is 31.2 Å². The van der Waals surface area contributed by atoms with Gasteiger partial charge in [0.05, 0.1) is 0 Å². The predicted octanol–water partition coefficient (Wildman–Crippen LogP) is 5.79. The second-order valence-corrected chi connectivity index (χ2v) is 5.62. The number of carbonyl (C=O) groups is 1. The molecule has 0 aliphatic carbocycles. The Balaban J connectivity index is 2.02. The minimum Gasteiger partial charge on any atom is -0.294 e. The molecule has 0 aliphatic rings. The van der Waals surface area contributed by atoms with Gasteiger partial charge in [-0.15, -0.1) is 0 Å². The minimum absolute atomic E-state index is 0.226. The normalized spacial score (nSPS) is 11.0. The highest BCUT2D eigenvalue weighted by Crippen LogP contribution is 2.13. The fourth-order valence-electron chi connectivity index (χ4n) is 2.43. The molecule has 114 valence electrons. The first-order valence-electron chi connectivity index (χ1n) is 8.13. The molecular formula is C21H24O. The van der Waals surface area contributed by atoms with E-state index in [0.29, 0.717) is 6.42 Å². The minimum atomic E-state index is 0.226. The lowest BCUT2D eigenvalue weighted by Crippen LogP contribution is -1.97. The van der Waals surface area contributed by atoms with Gasteiger partial charge in [-0.3, -0.25) is 4.79 Å². The smallest absolute Gasteiger partial charge is 0.162 e. The summed E-state index contributed by atoms with van der Waals surface area (Å²) >= 11 is 0. The third-order valence-corrected chi connectivity index (χ3v) is 3.70. The van der Waals surface area contributed by atoms with Crippen molar-refractivity contribution in [2.45, 2.75) is 39.5 Å². The van der Waals surface area contributed by atoms with Crippen LogP contribution in [0.2, 0.25) is 0 Å². The molecule has 0 atom stereocenters. The van der Waals surface area contributed by atoms with Crippen molar-refractivity contribution in [2.75, 3.05) is 0 Å². The lowest BCUT2D eigenvalue weighted by Gasteiger charge is -2.01. The second-order valence-electron chi connectivity index (χ2n) is 5.62. The van der Waals surface area contributed by atoms with Crippen molar-refractivity contribution in [1.29, 1.82) is 0 Å². The molecule has 0 radical (unpaired) electrons. The number of rotatable bonds is 7. The number of ketones is 1. The van der Waals surface area contributed by atoms with Gasteiger partial charge in [0.1, 0.15) is 0 Å². The van der Waals surface area contributed by atoms with Crippen LogP contribution in [0.5, 0.6) is 0 Å². The van der Waals surface area contributed by atoms with Gasteiger partial charge >= 0.3 is 0 Å². The highest BCUT2D eigenvalue weighted by molar-refractivity contribution is 5.96. The number of carbonyl (C=O) groups excluding carboxylic acids is 1. The van der Waals surface area contributed by atoms with Crippen molar-refractivity contribution in [1.82, 2.24) is 0 Å². The fourth-order valence-corrected chi connectivity index (χ4v) is 2.43. The molecule has 2 aromatic rings. The molecule has 2 aromatic carbocycles. The third-order valence-electron chi connectivity index (χ3n) is 3.70. The number of aryl methyl sites for hydroxylation is 1. The molecule has 0 N–H and O–H groups in total. The third kappa shape index (κ3) is 4.70. The summed E-state index contributed by atoms with van der Waals surface area (Å²) < 4.78 is 0. The zero-order valence-electron chi connectivity index (χ0n) is 13.5. The first-order chi connectivity index (χ1) is 10.7. The van der Waals surface area contributed by atoms with E-state index in [0.717, 1.165) is 24.0 Å². The summed E-state index contributed by atoms with van der Waals surface area (Å²) in [5, 5.41) is 0. The van der Waals surface area contributed by atoms with Crippen LogP contribution < -0.4 is 0 Å². The zero-order valence-corrected chi connectivity index (χ0v) is 13.5. The van der Waals surface area contributed by atoms with Gasteiger partial charge in [-0.2, -0.15) is 0 Å². The van der Waals surface area contributed by atoms with Crippen molar-refractivity contribution in [3.05, 3.63) is 70.8 Å². The van der Waals surface area contributed by atoms with Crippen LogP contribution in [-0.4, -0.2) is 5.78 Å². The van der Waals surface area contributed by atoms with Crippen molar-refractivity contribution in [2.24, 2.45) is 0 Å². The maximum Gasteiger partial charge on any atom is 0.162 e. The van der Waals surface area contributed by atoms with Gasteiger partial charge in [0.15, 0.2) is 5.78 Å². The summed E-state index contributed by atoms with van der Waals surface area (Å²) in [7, 11) is 0. The molecule has 0 fully saturated rings. The Morgan fingerprint density at radius 1 is 0.818 bits per heavy atom. The summed E-state index contributed by atoms with van der Waals surface area (Å²) in [6.07, 6.45) is 8.03. The van der Waals surface area contributed by atoms with E-state index in [1.54, 1.807) is 0 Å². The van der Waals surface area contributed by atoms with Crippen molar-refractivity contribution in [3.8, 4) is 0 Å². The summed E-state index contributed by atoms with van der Waals surface area (Å²) in [4.78, 5) is 11.8.